The third kappa shape index (κ3) is 3.36. The number of H-pyrrole nitrogens is 1. The van der Waals surface area contributed by atoms with E-state index in [1.54, 1.807) is 0 Å². The summed E-state index contributed by atoms with van der Waals surface area (Å²) in [5.41, 5.74) is 3.37. The maximum absolute atomic E-state index is 12.5. The number of pyridine rings is 1. The van der Waals surface area contributed by atoms with Crippen molar-refractivity contribution in [3.63, 3.8) is 0 Å². The standard InChI is InChI=1S/C18H16N3O2S.CH3.W/c1-18(2)9-20-14-7-10(3-4-12(14)18)21-17(23)11-8-19-13-5-6-24-16(13)15(11)22;;/h3-8H,9H2,1-2H3,(H2,19,21,22,23);1H3;/q2*-1;+2. The molecule has 0 fully saturated rings. The molecule has 1 aromatic carbocycles. The summed E-state index contributed by atoms with van der Waals surface area (Å²) >= 11 is 1.33. The fraction of sp³-hybridized carbons (Fsp3) is 0.211. The van der Waals surface area contributed by atoms with Crippen molar-refractivity contribution in [2.75, 3.05) is 11.9 Å². The van der Waals surface area contributed by atoms with Gasteiger partial charge in [-0.15, -0.1) is 23.6 Å². The molecule has 0 spiro atoms. The maximum Gasteiger partial charge on any atom is 2.00 e. The monoisotopic (exact) mass is 537 g/mol. The Bertz CT molecular complexity index is 1020. The summed E-state index contributed by atoms with van der Waals surface area (Å²) in [4.78, 5) is 27.9. The van der Waals surface area contributed by atoms with Crippen LogP contribution in [-0.2, 0) is 26.5 Å². The molecule has 3 aromatic rings. The van der Waals surface area contributed by atoms with Gasteiger partial charge in [-0.2, -0.15) is 0 Å². The number of nitrogens with one attached hydrogen (secondary N) is 2. The van der Waals surface area contributed by atoms with Crippen LogP contribution in [0.1, 0.15) is 29.8 Å². The Hall–Kier alpha value is -1.91. The molecule has 0 saturated heterocycles. The van der Waals surface area contributed by atoms with Crippen molar-refractivity contribution >= 4 is 38.8 Å². The molecule has 4 rings (SSSR count). The van der Waals surface area contributed by atoms with Crippen LogP contribution in [0.3, 0.4) is 0 Å². The van der Waals surface area contributed by atoms with E-state index < -0.39 is 5.91 Å². The van der Waals surface area contributed by atoms with Crippen molar-refractivity contribution in [2.24, 2.45) is 0 Å². The first-order valence-corrected chi connectivity index (χ1v) is 8.56. The van der Waals surface area contributed by atoms with Gasteiger partial charge in [0.2, 0.25) is 5.43 Å². The Morgan fingerprint density at radius 3 is 2.85 bits per heavy atom. The second-order valence-electron chi connectivity index (χ2n) is 6.58. The van der Waals surface area contributed by atoms with E-state index in [1.165, 1.54) is 23.1 Å². The number of carbonyl (C=O) groups excluding carboxylic acids is 1. The molecule has 0 radical (unpaired) electrons. The van der Waals surface area contributed by atoms with Gasteiger partial charge in [0.15, 0.2) is 0 Å². The Labute approximate surface area is 170 Å². The van der Waals surface area contributed by atoms with Crippen LogP contribution in [0.25, 0.3) is 15.5 Å². The molecule has 7 heteroatoms. The quantitative estimate of drug-likeness (QED) is 0.470. The topological polar surface area (TPSA) is 76.1 Å². The van der Waals surface area contributed by atoms with E-state index in [0.717, 1.165) is 17.7 Å². The summed E-state index contributed by atoms with van der Waals surface area (Å²) in [6, 6.07) is 7.54. The van der Waals surface area contributed by atoms with Gasteiger partial charge >= 0.3 is 21.1 Å². The number of fused-ring (bicyclic) bond motifs is 2. The van der Waals surface area contributed by atoms with Crippen LogP contribution in [0.5, 0.6) is 0 Å². The Balaban J connectivity index is 0.00000121. The summed E-state index contributed by atoms with van der Waals surface area (Å²) < 4.78 is 0.563. The summed E-state index contributed by atoms with van der Waals surface area (Å²) in [5, 5.41) is 9.15. The second kappa shape index (κ2) is 7.37. The number of amides is 1. The first kappa shape index (κ1) is 20.4. The Kier molecular flexibility index (Phi) is 5.78. The molecular weight excluding hydrogens is 518 g/mol. The molecule has 134 valence electrons. The van der Waals surface area contributed by atoms with E-state index in [1.807, 2.05) is 29.6 Å². The first-order chi connectivity index (χ1) is 11.5. The van der Waals surface area contributed by atoms with Gasteiger partial charge in [0.1, 0.15) is 5.56 Å². The van der Waals surface area contributed by atoms with Gasteiger partial charge in [0, 0.05) is 11.9 Å². The van der Waals surface area contributed by atoms with E-state index in [-0.39, 0.29) is 44.9 Å². The van der Waals surface area contributed by atoms with Crippen LogP contribution >= 0.6 is 11.3 Å². The number of aromatic amines is 1. The number of nitrogens with zero attached hydrogens (tertiary/aromatic N) is 1. The van der Waals surface area contributed by atoms with E-state index in [0.29, 0.717) is 10.4 Å². The molecule has 3 heterocycles. The maximum atomic E-state index is 12.5. The van der Waals surface area contributed by atoms with E-state index in [9.17, 15) is 9.59 Å². The summed E-state index contributed by atoms with van der Waals surface area (Å²) in [5.74, 6) is -0.413. The van der Waals surface area contributed by atoms with Crippen molar-refractivity contribution in [1.82, 2.24) is 4.98 Å². The zero-order chi connectivity index (χ0) is 16.9. The number of benzene rings is 1. The van der Waals surface area contributed by atoms with Crippen LogP contribution < -0.4 is 10.7 Å². The second-order valence-corrected chi connectivity index (χ2v) is 7.50. The minimum Gasteiger partial charge on any atom is -0.683 e. The molecule has 0 saturated carbocycles. The largest absolute Gasteiger partial charge is 2.00 e. The molecule has 2 N–H and O–H groups in total. The number of hydrogen-bond acceptors (Lipinski definition) is 3. The third-order valence-corrected chi connectivity index (χ3v) is 5.28. The van der Waals surface area contributed by atoms with Crippen LogP contribution in [0, 0.1) is 7.43 Å². The van der Waals surface area contributed by atoms with Gasteiger partial charge in [-0.3, -0.25) is 9.59 Å². The zero-order valence-corrected chi connectivity index (χ0v) is 18.5. The number of rotatable bonds is 2. The van der Waals surface area contributed by atoms with Gasteiger partial charge < -0.3 is 23.0 Å². The predicted octanol–water partition coefficient (Wildman–Crippen LogP) is 4.59. The fourth-order valence-corrected chi connectivity index (χ4v) is 3.80. The number of thiophene rings is 1. The van der Waals surface area contributed by atoms with Gasteiger partial charge in [-0.1, -0.05) is 31.5 Å². The SMILES string of the molecule is CC1(C)C[N-]c2cc(NC(=O)c3c[nH]c4ccsc4c3=O)ccc21.[CH3-].[W+2]. The number of carbonyl (C=O) groups is 1. The molecule has 0 unspecified atom stereocenters. The number of anilines is 1. The van der Waals surface area contributed by atoms with Crippen LogP contribution in [0.2, 0.25) is 0 Å². The zero-order valence-electron chi connectivity index (χ0n) is 14.8. The number of aromatic nitrogens is 1. The summed E-state index contributed by atoms with van der Waals surface area (Å²) in [7, 11) is 0. The normalized spacial score (nSPS) is 13.9. The van der Waals surface area contributed by atoms with Gasteiger partial charge in [0.05, 0.1) is 10.2 Å². The van der Waals surface area contributed by atoms with E-state index in [2.05, 4.69) is 29.5 Å². The van der Waals surface area contributed by atoms with Crippen LogP contribution in [0.4, 0.5) is 11.4 Å². The molecule has 1 amide bonds. The summed E-state index contributed by atoms with van der Waals surface area (Å²) in [6.45, 7) is 5.04. The van der Waals surface area contributed by atoms with Crippen molar-refractivity contribution in [3.8, 4) is 0 Å². The van der Waals surface area contributed by atoms with E-state index in [4.69, 9.17) is 0 Å². The molecule has 0 aliphatic carbocycles. The molecule has 1 aliphatic heterocycles. The molecule has 5 nitrogen and oxygen atoms in total. The molecule has 0 bridgehead atoms. The van der Waals surface area contributed by atoms with Gasteiger partial charge in [-0.25, -0.2) is 0 Å². The van der Waals surface area contributed by atoms with E-state index >= 15 is 0 Å². The fourth-order valence-electron chi connectivity index (χ4n) is 2.98. The van der Waals surface area contributed by atoms with Crippen molar-refractivity contribution in [2.45, 2.75) is 19.3 Å². The Morgan fingerprint density at radius 1 is 1.31 bits per heavy atom. The Morgan fingerprint density at radius 2 is 2.08 bits per heavy atom. The minimum absolute atomic E-state index is 0. The van der Waals surface area contributed by atoms with Crippen molar-refractivity contribution in [3.05, 3.63) is 69.9 Å². The third-order valence-electron chi connectivity index (χ3n) is 4.36. The summed E-state index contributed by atoms with van der Waals surface area (Å²) in [6.07, 6.45) is 1.47. The molecule has 26 heavy (non-hydrogen) atoms. The van der Waals surface area contributed by atoms with Gasteiger partial charge in [0.25, 0.3) is 5.91 Å². The molecule has 0 atom stereocenters. The smallest absolute Gasteiger partial charge is 0.683 e. The van der Waals surface area contributed by atoms with Crippen LogP contribution in [-0.4, -0.2) is 17.4 Å². The average molecular weight is 537 g/mol. The van der Waals surface area contributed by atoms with Gasteiger partial charge in [-0.05, 0) is 22.9 Å². The molecule has 1 aliphatic rings. The van der Waals surface area contributed by atoms with Crippen molar-refractivity contribution in [1.29, 1.82) is 0 Å². The predicted molar refractivity (Wildman–Crippen MR) is 104 cm³/mol. The molecular formula is C19H19N3O2SW. The van der Waals surface area contributed by atoms with Crippen molar-refractivity contribution < 1.29 is 25.9 Å². The van der Waals surface area contributed by atoms with Crippen LogP contribution in [0.15, 0.2) is 40.6 Å². The molecule has 2 aromatic heterocycles. The minimum atomic E-state index is -0.413. The average Bonchev–Trinajstić information content (AvgIpc) is 3.13. The number of hydrogen-bond donors (Lipinski definition) is 2. The first-order valence-electron chi connectivity index (χ1n) is 7.68.